The minimum Gasteiger partial charge on any atom is -0.455 e. The molecule has 0 spiro atoms. The van der Waals surface area contributed by atoms with Crippen molar-refractivity contribution in [3.63, 3.8) is 0 Å². The zero-order chi connectivity index (χ0) is 18.3. The highest BCUT2D eigenvalue weighted by Gasteiger charge is 2.45. The molecule has 2 heterocycles. The van der Waals surface area contributed by atoms with E-state index in [9.17, 15) is 0 Å². The first-order valence-corrected chi connectivity index (χ1v) is 9.57. The van der Waals surface area contributed by atoms with Crippen LogP contribution in [0.5, 0.6) is 0 Å². The van der Waals surface area contributed by atoms with Crippen LogP contribution < -0.4 is 0 Å². The molecule has 0 N–H and O–H groups in total. The fraction of sp³-hybridized carbons (Fsp3) is 0.348. The van der Waals surface area contributed by atoms with Crippen molar-refractivity contribution in [3.8, 4) is 0 Å². The van der Waals surface area contributed by atoms with Crippen molar-refractivity contribution < 1.29 is 14.0 Å². The lowest BCUT2D eigenvalue weighted by atomic mass is 9.58. The summed E-state index contributed by atoms with van der Waals surface area (Å²) < 4.78 is 11.3. The second kappa shape index (κ2) is 6.54. The van der Waals surface area contributed by atoms with Crippen molar-refractivity contribution in [3.05, 3.63) is 72.0 Å². The van der Waals surface area contributed by atoms with E-state index in [-0.39, 0.29) is 11.5 Å². The molecule has 1 aromatic heterocycles. The van der Waals surface area contributed by atoms with Gasteiger partial charge in [-0.3, -0.25) is 0 Å². The van der Waals surface area contributed by atoms with Crippen LogP contribution in [-0.2, 0) is 15.0 Å². The van der Waals surface area contributed by atoms with Crippen LogP contribution in [0.4, 0.5) is 0 Å². The molecule has 0 bridgehead atoms. The Kier molecular flexibility index (Phi) is 4.01. The van der Waals surface area contributed by atoms with Crippen LogP contribution in [0.1, 0.15) is 31.1 Å². The zero-order valence-electron chi connectivity index (χ0n) is 15.4. The molecule has 4 nitrogen and oxygen atoms in total. The van der Waals surface area contributed by atoms with Gasteiger partial charge in [0.25, 0.3) is 0 Å². The van der Waals surface area contributed by atoms with Gasteiger partial charge in [0.05, 0.1) is 6.61 Å². The second-order valence-corrected chi connectivity index (χ2v) is 7.91. The lowest BCUT2D eigenvalue weighted by molar-refractivity contribution is 0.119. The first-order chi connectivity index (χ1) is 13.2. The van der Waals surface area contributed by atoms with Gasteiger partial charge in [0.1, 0.15) is 24.0 Å². The monoisotopic (exact) mass is 361 g/mol. The minimum atomic E-state index is 0.179. The van der Waals surface area contributed by atoms with Gasteiger partial charge in [0.15, 0.2) is 5.76 Å². The molecule has 1 saturated heterocycles. The van der Waals surface area contributed by atoms with Gasteiger partial charge in [-0.2, -0.15) is 0 Å². The quantitative estimate of drug-likeness (QED) is 0.356. The molecule has 4 heteroatoms. The van der Waals surface area contributed by atoms with E-state index < -0.39 is 0 Å². The van der Waals surface area contributed by atoms with Gasteiger partial charge in [0, 0.05) is 11.3 Å². The van der Waals surface area contributed by atoms with E-state index in [0.29, 0.717) is 12.5 Å². The molecule has 1 saturated carbocycles. The van der Waals surface area contributed by atoms with Gasteiger partial charge in [-0.05, 0) is 36.0 Å². The summed E-state index contributed by atoms with van der Waals surface area (Å²) in [6, 6.07) is 20.9. The van der Waals surface area contributed by atoms with Crippen LogP contribution in [-0.4, -0.2) is 25.0 Å². The third-order valence-corrected chi connectivity index (χ3v) is 5.75. The molecule has 5 rings (SSSR count). The van der Waals surface area contributed by atoms with Gasteiger partial charge >= 0.3 is 0 Å². The molecule has 0 radical (unpaired) electrons. The maximum Gasteiger partial charge on any atom is 0.153 e. The summed E-state index contributed by atoms with van der Waals surface area (Å²) in [5.74, 6) is 1.14. The lowest BCUT2D eigenvalue weighted by Gasteiger charge is -2.45. The predicted molar refractivity (Wildman–Crippen MR) is 105 cm³/mol. The number of ether oxygens (including phenoxy) is 1. The minimum absolute atomic E-state index is 0.179. The largest absolute Gasteiger partial charge is 0.455 e. The highest BCUT2D eigenvalue weighted by Crippen LogP contribution is 2.49. The van der Waals surface area contributed by atoms with E-state index >= 15 is 0 Å². The van der Waals surface area contributed by atoms with Crippen molar-refractivity contribution in [1.82, 2.24) is 0 Å². The smallest absolute Gasteiger partial charge is 0.153 e. The second-order valence-electron chi connectivity index (χ2n) is 7.91. The molecule has 138 valence electrons. The summed E-state index contributed by atoms with van der Waals surface area (Å²) in [7, 11) is 0. The molecule has 1 aliphatic heterocycles. The summed E-state index contributed by atoms with van der Waals surface area (Å²) in [5.41, 5.74) is 3.37. The number of hydrogen-bond acceptors (Lipinski definition) is 4. The van der Waals surface area contributed by atoms with Crippen LogP contribution in [0.15, 0.2) is 70.2 Å². The van der Waals surface area contributed by atoms with Crippen molar-refractivity contribution in [2.45, 2.75) is 31.3 Å². The van der Waals surface area contributed by atoms with Crippen molar-refractivity contribution in [1.29, 1.82) is 0 Å². The summed E-state index contributed by atoms with van der Waals surface area (Å²) in [6.07, 6.45) is 2.27. The first-order valence-electron chi connectivity index (χ1n) is 9.57. The number of epoxide rings is 1. The van der Waals surface area contributed by atoms with Crippen LogP contribution in [0.3, 0.4) is 0 Å². The summed E-state index contributed by atoms with van der Waals surface area (Å²) in [4.78, 5) is 5.60. The SMILES string of the molecule is CC1(c2ccccc2)CC(C(=NOC[C@@H]2CO2)c2cc3ccccc3o2)C1. The van der Waals surface area contributed by atoms with E-state index in [4.69, 9.17) is 14.0 Å². The Morgan fingerprint density at radius 2 is 1.85 bits per heavy atom. The summed E-state index contributed by atoms with van der Waals surface area (Å²) in [5, 5.41) is 5.59. The molecule has 2 aliphatic rings. The number of nitrogens with zero attached hydrogens (tertiary/aromatic N) is 1. The third kappa shape index (κ3) is 3.26. The number of furan rings is 1. The van der Waals surface area contributed by atoms with Crippen LogP contribution >= 0.6 is 0 Å². The fourth-order valence-electron chi connectivity index (χ4n) is 4.08. The lowest BCUT2D eigenvalue weighted by Crippen LogP contribution is -2.42. The number of fused-ring (bicyclic) bond motifs is 1. The molecular weight excluding hydrogens is 338 g/mol. The number of para-hydroxylation sites is 1. The Morgan fingerprint density at radius 3 is 2.59 bits per heavy atom. The molecule has 2 aromatic carbocycles. The maximum absolute atomic E-state index is 6.09. The number of oxime groups is 1. The first kappa shape index (κ1) is 16.6. The summed E-state index contributed by atoms with van der Waals surface area (Å²) in [6.45, 7) is 3.60. The van der Waals surface area contributed by atoms with Gasteiger partial charge in [-0.1, -0.05) is 60.6 Å². The van der Waals surface area contributed by atoms with Gasteiger partial charge in [0.2, 0.25) is 0 Å². The standard InChI is InChI=1S/C23H23NO3/c1-23(18-8-3-2-4-9-18)12-17(13-23)22(24-26-15-19-14-25-19)21-11-16-7-5-6-10-20(16)27-21/h2-11,17,19H,12-15H2,1H3/t17?,19-,23?/m0/s1. The third-order valence-electron chi connectivity index (χ3n) is 5.75. The number of hydrogen-bond donors (Lipinski definition) is 0. The van der Waals surface area contributed by atoms with Gasteiger partial charge < -0.3 is 14.0 Å². The fourth-order valence-corrected chi connectivity index (χ4v) is 4.08. The zero-order valence-corrected chi connectivity index (χ0v) is 15.4. The average Bonchev–Trinajstić information content (AvgIpc) is 3.40. The highest BCUT2D eigenvalue weighted by atomic mass is 16.7. The Balaban J connectivity index is 1.40. The Morgan fingerprint density at radius 1 is 1.11 bits per heavy atom. The van der Waals surface area contributed by atoms with E-state index in [1.54, 1.807) is 0 Å². The molecule has 1 atom stereocenters. The normalized spacial score (nSPS) is 27.4. The molecule has 27 heavy (non-hydrogen) atoms. The Labute approximate surface area is 158 Å². The van der Waals surface area contributed by atoms with Gasteiger partial charge in [-0.25, -0.2) is 0 Å². The molecular formula is C23H23NO3. The van der Waals surface area contributed by atoms with Crippen molar-refractivity contribution in [2.24, 2.45) is 11.1 Å². The van der Waals surface area contributed by atoms with Crippen molar-refractivity contribution in [2.75, 3.05) is 13.2 Å². The highest BCUT2D eigenvalue weighted by molar-refractivity contribution is 6.03. The predicted octanol–water partition coefficient (Wildman–Crippen LogP) is 4.92. The number of rotatable bonds is 6. The Hall–Kier alpha value is -2.59. The Bertz CT molecular complexity index is 932. The molecule has 3 aromatic rings. The molecule has 0 unspecified atom stereocenters. The average molecular weight is 361 g/mol. The van der Waals surface area contributed by atoms with Crippen LogP contribution in [0, 0.1) is 5.92 Å². The van der Waals surface area contributed by atoms with E-state index in [1.807, 2.05) is 18.2 Å². The molecule has 1 aliphatic carbocycles. The van der Waals surface area contributed by atoms with Crippen LogP contribution in [0.25, 0.3) is 11.0 Å². The number of benzene rings is 2. The van der Waals surface area contributed by atoms with E-state index in [0.717, 1.165) is 41.9 Å². The van der Waals surface area contributed by atoms with Crippen molar-refractivity contribution >= 4 is 16.7 Å². The van der Waals surface area contributed by atoms with E-state index in [2.05, 4.69) is 54.5 Å². The maximum atomic E-state index is 6.09. The summed E-state index contributed by atoms with van der Waals surface area (Å²) >= 11 is 0. The van der Waals surface area contributed by atoms with Gasteiger partial charge in [-0.15, -0.1) is 0 Å². The van der Waals surface area contributed by atoms with Crippen LogP contribution in [0.2, 0.25) is 0 Å². The van der Waals surface area contributed by atoms with E-state index in [1.165, 1.54) is 5.56 Å². The molecule has 0 amide bonds. The molecule has 2 fully saturated rings. The topological polar surface area (TPSA) is 47.3 Å².